The maximum atomic E-state index is 12.4. The lowest BCUT2D eigenvalue weighted by Gasteiger charge is -2.35. The van der Waals surface area contributed by atoms with Crippen LogP contribution >= 0.6 is 11.8 Å². The second-order valence-corrected chi connectivity index (χ2v) is 6.58. The first-order valence-corrected chi connectivity index (χ1v) is 8.67. The number of hydrogen-bond acceptors (Lipinski definition) is 6. The number of rotatable bonds is 2. The van der Waals surface area contributed by atoms with Crippen molar-refractivity contribution in [2.75, 3.05) is 42.7 Å². The van der Waals surface area contributed by atoms with Crippen LogP contribution < -0.4 is 10.2 Å². The molecule has 0 radical (unpaired) electrons. The molecule has 3 heterocycles. The molecule has 0 aliphatic carbocycles. The van der Waals surface area contributed by atoms with Crippen LogP contribution in [0.5, 0.6) is 0 Å². The average Bonchev–Trinajstić information content (AvgIpc) is 3.23. The van der Waals surface area contributed by atoms with Crippen LogP contribution in [0.25, 0.3) is 11.1 Å². The highest BCUT2D eigenvalue weighted by molar-refractivity contribution is 7.99. The second kappa shape index (κ2) is 5.81. The van der Waals surface area contributed by atoms with Crippen LogP contribution in [0.1, 0.15) is 0 Å². The first kappa shape index (κ1) is 13.9. The van der Waals surface area contributed by atoms with Gasteiger partial charge in [-0.05, 0) is 12.1 Å². The Morgan fingerprint density at radius 2 is 2.09 bits per heavy atom. The summed E-state index contributed by atoms with van der Waals surface area (Å²) in [6.07, 6.45) is 0. The number of piperazine rings is 1. The fraction of sp³-hybridized carbons (Fsp3) is 0.467. The van der Waals surface area contributed by atoms with E-state index >= 15 is 0 Å². The summed E-state index contributed by atoms with van der Waals surface area (Å²) < 4.78 is 5.80. The van der Waals surface area contributed by atoms with Gasteiger partial charge in [0.15, 0.2) is 5.58 Å². The summed E-state index contributed by atoms with van der Waals surface area (Å²) >= 11 is 1.78. The Labute approximate surface area is 132 Å². The topological polar surface area (TPSA) is 61.6 Å². The number of carbonyl (C=O) groups excluding carboxylic acids is 1. The summed E-state index contributed by atoms with van der Waals surface area (Å²) in [6.45, 7) is 2.97. The number of nitrogens with one attached hydrogen (secondary N) is 1. The molecule has 1 unspecified atom stereocenters. The average molecular weight is 318 g/mol. The largest absolute Gasteiger partial charge is 0.423 e. The quantitative estimate of drug-likeness (QED) is 0.896. The Balaban J connectivity index is 1.41. The molecule has 7 heteroatoms. The van der Waals surface area contributed by atoms with Crippen LogP contribution in [0.15, 0.2) is 28.7 Å². The highest BCUT2D eigenvalue weighted by atomic mass is 32.2. The molecule has 2 fully saturated rings. The minimum atomic E-state index is -0.0131. The molecule has 0 bridgehead atoms. The van der Waals surface area contributed by atoms with Crippen molar-refractivity contribution in [2.24, 2.45) is 0 Å². The van der Waals surface area contributed by atoms with Crippen molar-refractivity contribution < 1.29 is 9.21 Å². The molecule has 1 N–H and O–H groups in total. The Hall–Kier alpha value is -1.73. The predicted molar refractivity (Wildman–Crippen MR) is 87.1 cm³/mol. The molecule has 2 saturated heterocycles. The van der Waals surface area contributed by atoms with Gasteiger partial charge < -0.3 is 14.2 Å². The smallest absolute Gasteiger partial charge is 0.298 e. The van der Waals surface area contributed by atoms with Crippen LogP contribution in [0, 0.1) is 0 Å². The van der Waals surface area contributed by atoms with Gasteiger partial charge in [0.05, 0.1) is 6.04 Å². The second-order valence-electron chi connectivity index (χ2n) is 5.55. The maximum Gasteiger partial charge on any atom is 0.298 e. The molecule has 22 heavy (non-hydrogen) atoms. The Morgan fingerprint density at radius 3 is 2.82 bits per heavy atom. The zero-order valence-corrected chi connectivity index (χ0v) is 13.0. The fourth-order valence-corrected chi connectivity index (χ4v) is 3.82. The van der Waals surface area contributed by atoms with E-state index in [0.29, 0.717) is 6.01 Å². The Kier molecular flexibility index (Phi) is 3.67. The zero-order valence-electron chi connectivity index (χ0n) is 12.2. The molecule has 4 rings (SSSR count). The minimum Gasteiger partial charge on any atom is -0.423 e. The van der Waals surface area contributed by atoms with Gasteiger partial charge in [-0.25, -0.2) is 0 Å². The van der Waals surface area contributed by atoms with E-state index in [1.807, 2.05) is 29.2 Å². The third-order valence-corrected chi connectivity index (χ3v) is 5.10. The molecule has 116 valence electrons. The van der Waals surface area contributed by atoms with Gasteiger partial charge in [-0.1, -0.05) is 12.1 Å². The molecule has 2 aliphatic rings. The number of fused-ring (bicyclic) bond motifs is 1. The highest BCUT2D eigenvalue weighted by Crippen LogP contribution is 2.23. The Morgan fingerprint density at radius 1 is 1.27 bits per heavy atom. The highest BCUT2D eigenvalue weighted by Gasteiger charge is 2.30. The van der Waals surface area contributed by atoms with Crippen molar-refractivity contribution in [3.63, 3.8) is 0 Å². The van der Waals surface area contributed by atoms with E-state index in [0.717, 1.165) is 48.9 Å². The van der Waals surface area contributed by atoms with E-state index in [9.17, 15) is 4.79 Å². The monoisotopic (exact) mass is 318 g/mol. The van der Waals surface area contributed by atoms with E-state index < -0.39 is 0 Å². The summed E-state index contributed by atoms with van der Waals surface area (Å²) in [5.74, 6) is 1.98. The van der Waals surface area contributed by atoms with Crippen LogP contribution in [0.2, 0.25) is 0 Å². The maximum absolute atomic E-state index is 12.4. The number of thioether (sulfide) groups is 1. The number of nitrogens with zero attached hydrogens (tertiary/aromatic N) is 3. The van der Waals surface area contributed by atoms with Crippen molar-refractivity contribution in [2.45, 2.75) is 6.04 Å². The molecule has 1 aromatic heterocycles. The van der Waals surface area contributed by atoms with Gasteiger partial charge in [-0.15, -0.1) is 11.8 Å². The lowest BCUT2D eigenvalue weighted by atomic mass is 10.2. The summed E-state index contributed by atoms with van der Waals surface area (Å²) in [5.41, 5.74) is 1.69. The third-order valence-electron chi connectivity index (χ3n) is 4.16. The van der Waals surface area contributed by atoms with Gasteiger partial charge in [0.1, 0.15) is 5.52 Å². The van der Waals surface area contributed by atoms with Crippen LogP contribution in [-0.4, -0.2) is 59.6 Å². The number of amides is 1. The molecule has 0 spiro atoms. The zero-order chi connectivity index (χ0) is 14.9. The van der Waals surface area contributed by atoms with Crippen LogP contribution in [0.3, 0.4) is 0 Å². The molecule has 1 atom stereocenters. The van der Waals surface area contributed by atoms with Gasteiger partial charge in [0.2, 0.25) is 5.91 Å². The first-order valence-electron chi connectivity index (χ1n) is 7.52. The van der Waals surface area contributed by atoms with Crippen molar-refractivity contribution in [3.8, 4) is 0 Å². The predicted octanol–water partition coefficient (Wildman–Crippen LogP) is 1.14. The van der Waals surface area contributed by atoms with Gasteiger partial charge in [0, 0.05) is 37.8 Å². The lowest BCUT2D eigenvalue weighted by molar-refractivity contribution is -0.132. The lowest BCUT2D eigenvalue weighted by Crippen LogP contribution is -2.53. The summed E-state index contributed by atoms with van der Waals surface area (Å²) in [4.78, 5) is 21.0. The Bertz CT molecular complexity index is 642. The molecule has 1 aromatic carbocycles. The summed E-state index contributed by atoms with van der Waals surface area (Å²) in [7, 11) is 0. The molecule has 1 amide bonds. The number of hydrogen-bond donors (Lipinski definition) is 1. The van der Waals surface area contributed by atoms with Crippen LogP contribution in [0.4, 0.5) is 6.01 Å². The van der Waals surface area contributed by atoms with E-state index in [-0.39, 0.29) is 11.9 Å². The SMILES string of the molecule is O=C(C1CSCN1)N1CCN(c2nc3ccccc3o2)CC1. The first-order chi connectivity index (χ1) is 10.8. The molecular formula is C15H18N4O2S. The number of oxazole rings is 1. The molecular weight excluding hydrogens is 300 g/mol. The van der Waals surface area contributed by atoms with Crippen molar-refractivity contribution in [1.29, 1.82) is 0 Å². The van der Waals surface area contributed by atoms with Gasteiger partial charge >= 0.3 is 0 Å². The van der Waals surface area contributed by atoms with E-state index in [2.05, 4.69) is 15.2 Å². The van der Waals surface area contributed by atoms with Gasteiger partial charge in [-0.2, -0.15) is 4.98 Å². The van der Waals surface area contributed by atoms with Gasteiger partial charge in [0.25, 0.3) is 6.01 Å². The molecule has 2 aliphatic heterocycles. The normalized spacial score (nSPS) is 22.5. The third kappa shape index (κ3) is 2.55. The molecule has 0 saturated carbocycles. The van der Waals surface area contributed by atoms with Crippen LogP contribution in [-0.2, 0) is 4.79 Å². The van der Waals surface area contributed by atoms with Gasteiger partial charge in [-0.3, -0.25) is 10.1 Å². The van der Waals surface area contributed by atoms with E-state index in [1.165, 1.54) is 0 Å². The van der Waals surface area contributed by atoms with Crippen molar-refractivity contribution in [3.05, 3.63) is 24.3 Å². The standard InChI is InChI=1S/C15H18N4O2S/c20-14(12-9-22-10-16-12)18-5-7-19(8-6-18)15-17-11-3-1-2-4-13(11)21-15/h1-4,12,16H,5-10H2. The molecule has 2 aromatic rings. The molecule has 6 nitrogen and oxygen atoms in total. The van der Waals surface area contributed by atoms with Crippen molar-refractivity contribution >= 4 is 34.8 Å². The number of para-hydroxylation sites is 2. The van der Waals surface area contributed by atoms with E-state index in [4.69, 9.17) is 4.42 Å². The minimum absolute atomic E-state index is 0.0131. The van der Waals surface area contributed by atoms with Crippen molar-refractivity contribution in [1.82, 2.24) is 15.2 Å². The van der Waals surface area contributed by atoms with E-state index in [1.54, 1.807) is 11.8 Å². The summed E-state index contributed by atoms with van der Waals surface area (Å²) in [5, 5.41) is 3.24. The number of anilines is 1. The summed E-state index contributed by atoms with van der Waals surface area (Å²) in [6, 6.07) is 8.42. The number of benzene rings is 1. The number of aromatic nitrogens is 1. The number of carbonyl (C=O) groups is 1. The fourth-order valence-electron chi connectivity index (χ4n) is 2.89.